The van der Waals surface area contributed by atoms with Gasteiger partial charge in [-0.05, 0) is 31.5 Å². The summed E-state index contributed by atoms with van der Waals surface area (Å²) in [6.45, 7) is 4.65. The summed E-state index contributed by atoms with van der Waals surface area (Å²) in [6, 6.07) is 5.26. The third-order valence-electron chi connectivity index (χ3n) is 3.34. The minimum Gasteiger partial charge on any atom is -0.398 e. The Hall–Kier alpha value is -1.33. The van der Waals surface area contributed by atoms with E-state index in [1.807, 2.05) is 19.9 Å². The highest BCUT2D eigenvalue weighted by Crippen LogP contribution is 2.25. The van der Waals surface area contributed by atoms with Crippen LogP contribution in [0.5, 0.6) is 0 Å². The lowest BCUT2D eigenvalue weighted by Crippen LogP contribution is -2.11. The fourth-order valence-corrected chi connectivity index (χ4v) is 2.90. The SMILES string of the molecule is CCc1nn(CC)c(CC(=O)c2cc(Br)ccc2N)c1Cl. The van der Waals surface area contributed by atoms with Crippen LogP contribution in [-0.4, -0.2) is 15.6 Å². The number of aryl methyl sites for hydroxylation is 2. The highest BCUT2D eigenvalue weighted by atomic mass is 79.9. The van der Waals surface area contributed by atoms with Crippen molar-refractivity contribution in [1.29, 1.82) is 0 Å². The molecular weight excluding hydrogens is 354 g/mol. The van der Waals surface area contributed by atoms with Gasteiger partial charge in [-0.15, -0.1) is 0 Å². The zero-order valence-corrected chi connectivity index (χ0v) is 14.3. The summed E-state index contributed by atoms with van der Waals surface area (Å²) in [7, 11) is 0. The third kappa shape index (κ3) is 3.30. The lowest BCUT2D eigenvalue weighted by molar-refractivity contribution is 0.0991. The van der Waals surface area contributed by atoms with Crippen molar-refractivity contribution in [2.45, 2.75) is 33.2 Å². The number of ketones is 1. The number of nitrogen functional groups attached to an aromatic ring is 1. The molecule has 21 heavy (non-hydrogen) atoms. The van der Waals surface area contributed by atoms with Crippen molar-refractivity contribution in [1.82, 2.24) is 9.78 Å². The van der Waals surface area contributed by atoms with Gasteiger partial charge in [-0.2, -0.15) is 5.10 Å². The molecule has 0 saturated heterocycles. The van der Waals surface area contributed by atoms with E-state index in [2.05, 4.69) is 21.0 Å². The number of benzene rings is 1. The normalized spacial score (nSPS) is 10.9. The van der Waals surface area contributed by atoms with Crippen LogP contribution >= 0.6 is 27.5 Å². The van der Waals surface area contributed by atoms with Crippen molar-refractivity contribution >= 4 is 39.0 Å². The monoisotopic (exact) mass is 369 g/mol. The molecule has 0 fully saturated rings. The van der Waals surface area contributed by atoms with Crippen LogP contribution in [0.25, 0.3) is 0 Å². The van der Waals surface area contributed by atoms with Gasteiger partial charge >= 0.3 is 0 Å². The molecule has 2 N–H and O–H groups in total. The number of carbonyl (C=O) groups excluding carboxylic acids is 1. The second-order valence-corrected chi connectivity index (χ2v) is 6.00. The molecule has 0 saturated carbocycles. The van der Waals surface area contributed by atoms with Gasteiger partial charge in [-0.1, -0.05) is 34.5 Å². The standard InChI is InChI=1S/C15H17BrClN3O/c1-3-12-15(17)13(20(4-2)19-12)8-14(21)10-7-9(16)5-6-11(10)18/h5-7H,3-4,8,18H2,1-2H3. The zero-order valence-electron chi connectivity index (χ0n) is 12.0. The summed E-state index contributed by atoms with van der Waals surface area (Å²) >= 11 is 9.69. The Labute approximate surface area is 137 Å². The van der Waals surface area contributed by atoms with Crippen LogP contribution in [0.2, 0.25) is 5.02 Å². The van der Waals surface area contributed by atoms with E-state index in [0.717, 1.165) is 22.3 Å². The number of rotatable bonds is 5. The van der Waals surface area contributed by atoms with E-state index in [9.17, 15) is 4.79 Å². The second kappa shape index (κ2) is 6.62. The fourth-order valence-electron chi connectivity index (χ4n) is 2.20. The molecule has 112 valence electrons. The Kier molecular flexibility index (Phi) is 5.06. The molecular formula is C15H17BrClN3O. The molecule has 1 heterocycles. The fraction of sp³-hybridized carbons (Fsp3) is 0.333. The van der Waals surface area contributed by atoms with E-state index in [1.54, 1.807) is 16.8 Å². The van der Waals surface area contributed by atoms with Gasteiger partial charge in [0.05, 0.1) is 22.8 Å². The van der Waals surface area contributed by atoms with E-state index in [-0.39, 0.29) is 12.2 Å². The Morgan fingerprint density at radius 3 is 2.76 bits per heavy atom. The number of halogens is 2. The van der Waals surface area contributed by atoms with Crippen LogP contribution in [0.15, 0.2) is 22.7 Å². The highest BCUT2D eigenvalue weighted by Gasteiger charge is 2.19. The Balaban J connectivity index is 2.35. The van der Waals surface area contributed by atoms with Crippen LogP contribution in [-0.2, 0) is 19.4 Å². The van der Waals surface area contributed by atoms with Crippen LogP contribution in [0.3, 0.4) is 0 Å². The van der Waals surface area contributed by atoms with Gasteiger partial charge in [0.2, 0.25) is 0 Å². The van der Waals surface area contributed by atoms with Gasteiger partial charge in [0.25, 0.3) is 0 Å². The molecule has 0 unspecified atom stereocenters. The van der Waals surface area contributed by atoms with Gasteiger partial charge < -0.3 is 5.73 Å². The Morgan fingerprint density at radius 2 is 2.14 bits per heavy atom. The van der Waals surface area contributed by atoms with E-state index in [1.165, 1.54) is 0 Å². The summed E-state index contributed by atoms with van der Waals surface area (Å²) in [5.74, 6) is -0.0621. The third-order valence-corrected chi connectivity index (χ3v) is 4.27. The number of anilines is 1. The van der Waals surface area contributed by atoms with E-state index < -0.39 is 0 Å². The average Bonchev–Trinajstić information content (AvgIpc) is 2.77. The molecule has 0 atom stereocenters. The van der Waals surface area contributed by atoms with Crippen molar-refractivity contribution in [2.24, 2.45) is 0 Å². The maximum absolute atomic E-state index is 12.5. The topological polar surface area (TPSA) is 60.9 Å². The molecule has 0 aliphatic carbocycles. The number of hydrogen-bond donors (Lipinski definition) is 1. The van der Waals surface area contributed by atoms with Crippen LogP contribution in [0.4, 0.5) is 5.69 Å². The summed E-state index contributed by atoms with van der Waals surface area (Å²) in [6.07, 6.45) is 0.937. The number of carbonyl (C=O) groups is 1. The molecule has 0 aliphatic heterocycles. The molecule has 0 aliphatic rings. The van der Waals surface area contributed by atoms with Crippen LogP contribution < -0.4 is 5.73 Å². The highest BCUT2D eigenvalue weighted by molar-refractivity contribution is 9.10. The lowest BCUT2D eigenvalue weighted by Gasteiger charge is -2.07. The van der Waals surface area contributed by atoms with Crippen molar-refractivity contribution in [2.75, 3.05) is 5.73 Å². The predicted molar refractivity (Wildman–Crippen MR) is 88.9 cm³/mol. The lowest BCUT2D eigenvalue weighted by atomic mass is 10.0. The first-order valence-electron chi connectivity index (χ1n) is 6.80. The number of Topliss-reactive ketones (excluding diaryl/α,β-unsaturated/α-hetero) is 1. The van der Waals surface area contributed by atoms with Gasteiger partial charge in [0, 0.05) is 22.3 Å². The first-order chi connectivity index (χ1) is 9.97. The number of nitrogens with two attached hydrogens (primary N) is 1. The molecule has 0 amide bonds. The smallest absolute Gasteiger partial charge is 0.170 e. The summed E-state index contributed by atoms with van der Waals surface area (Å²) in [5.41, 5.74) is 8.43. The zero-order chi connectivity index (χ0) is 15.6. The number of aromatic nitrogens is 2. The van der Waals surface area contributed by atoms with E-state index >= 15 is 0 Å². The van der Waals surface area contributed by atoms with Crippen molar-refractivity contribution in [3.05, 3.63) is 44.6 Å². The summed E-state index contributed by atoms with van der Waals surface area (Å²) in [5, 5.41) is 5.01. The van der Waals surface area contributed by atoms with E-state index in [0.29, 0.717) is 22.8 Å². The van der Waals surface area contributed by atoms with E-state index in [4.69, 9.17) is 17.3 Å². The predicted octanol–water partition coefficient (Wildman–Crippen LogP) is 3.89. The van der Waals surface area contributed by atoms with Gasteiger partial charge in [-0.3, -0.25) is 9.48 Å². The van der Waals surface area contributed by atoms with Gasteiger partial charge in [0.15, 0.2) is 5.78 Å². The quantitative estimate of drug-likeness (QED) is 0.641. The molecule has 0 spiro atoms. The molecule has 6 heteroatoms. The summed E-state index contributed by atoms with van der Waals surface area (Å²) in [4.78, 5) is 12.5. The molecule has 0 bridgehead atoms. The molecule has 1 aromatic heterocycles. The van der Waals surface area contributed by atoms with Gasteiger partial charge in [0.1, 0.15) is 0 Å². The minimum absolute atomic E-state index is 0.0621. The molecule has 2 rings (SSSR count). The first kappa shape index (κ1) is 16.0. The Morgan fingerprint density at radius 1 is 1.43 bits per heavy atom. The second-order valence-electron chi connectivity index (χ2n) is 4.71. The first-order valence-corrected chi connectivity index (χ1v) is 7.97. The van der Waals surface area contributed by atoms with Crippen molar-refractivity contribution in [3.8, 4) is 0 Å². The van der Waals surface area contributed by atoms with Crippen LogP contribution in [0.1, 0.15) is 35.6 Å². The average molecular weight is 371 g/mol. The van der Waals surface area contributed by atoms with Crippen molar-refractivity contribution < 1.29 is 4.79 Å². The molecule has 0 radical (unpaired) electrons. The van der Waals surface area contributed by atoms with Crippen LogP contribution in [0, 0.1) is 0 Å². The minimum atomic E-state index is -0.0621. The molecule has 4 nitrogen and oxygen atoms in total. The largest absolute Gasteiger partial charge is 0.398 e. The molecule has 2 aromatic rings. The summed E-state index contributed by atoms with van der Waals surface area (Å²) < 4.78 is 2.61. The maximum Gasteiger partial charge on any atom is 0.170 e. The Bertz CT molecular complexity index is 682. The van der Waals surface area contributed by atoms with Gasteiger partial charge in [-0.25, -0.2) is 0 Å². The molecule has 1 aromatic carbocycles. The number of hydrogen-bond acceptors (Lipinski definition) is 3. The maximum atomic E-state index is 12.5. The van der Waals surface area contributed by atoms with Crippen molar-refractivity contribution in [3.63, 3.8) is 0 Å². The number of nitrogens with zero attached hydrogens (tertiary/aromatic N) is 2.